The lowest BCUT2D eigenvalue weighted by Crippen LogP contribution is -1.97. The first-order valence-electron chi connectivity index (χ1n) is 5.57. The van der Waals surface area contributed by atoms with E-state index in [1.807, 2.05) is 6.20 Å². The molecule has 2 aromatic heterocycles. The van der Waals surface area contributed by atoms with Gasteiger partial charge >= 0.3 is 5.97 Å². The summed E-state index contributed by atoms with van der Waals surface area (Å²) in [7, 11) is 0. The molecule has 1 unspecified atom stereocenters. The number of nitrogens with zero attached hydrogens (tertiary/aromatic N) is 2. The number of imidazole rings is 1. The zero-order valence-corrected chi connectivity index (χ0v) is 9.17. The van der Waals surface area contributed by atoms with E-state index in [4.69, 9.17) is 9.84 Å². The largest absolute Gasteiger partial charge is 0.478 e. The van der Waals surface area contributed by atoms with E-state index in [0.717, 1.165) is 30.8 Å². The number of hydrogen-bond acceptors (Lipinski definition) is 3. The average molecular weight is 232 g/mol. The molecule has 0 aliphatic carbocycles. The molecule has 3 rings (SSSR count). The van der Waals surface area contributed by atoms with Crippen LogP contribution in [0, 0.1) is 0 Å². The summed E-state index contributed by atoms with van der Waals surface area (Å²) in [5.41, 5.74) is 1.89. The van der Waals surface area contributed by atoms with Crippen molar-refractivity contribution in [3.8, 4) is 0 Å². The minimum atomic E-state index is -0.931. The van der Waals surface area contributed by atoms with Crippen LogP contribution in [0.2, 0.25) is 0 Å². The summed E-state index contributed by atoms with van der Waals surface area (Å²) in [6, 6.07) is 3.27. The Bertz CT molecular complexity index is 570. The molecule has 3 heterocycles. The van der Waals surface area contributed by atoms with E-state index in [2.05, 4.69) is 4.98 Å². The van der Waals surface area contributed by atoms with E-state index in [1.165, 1.54) is 0 Å². The Morgan fingerprint density at radius 1 is 1.47 bits per heavy atom. The first kappa shape index (κ1) is 10.3. The zero-order valence-electron chi connectivity index (χ0n) is 9.17. The van der Waals surface area contributed by atoms with Gasteiger partial charge in [-0.2, -0.15) is 0 Å². The molecule has 5 heteroatoms. The molecule has 1 N–H and O–H groups in total. The molecule has 0 saturated carbocycles. The fourth-order valence-corrected chi connectivity index (χ4v) is 2.10. The van der Waals surface area contributed by atoms with Crippen LogP contribution >= 0.6 is 0 Å². The number of hydrogen-bond donors (Lipinski definition) is 1. The van der Waals surface area contributed by atoms with E-state index in [0.29, 0.717) is 0 Å². The van der Waals surface area contributed by atoms with E-state index >= 15 is 0 Å². The molecule has 5 nitrogen and oxygen atoms in total. The second kappa shape index (κ2) is 3.85. The quantitative estimate of drug-likeness (QED) is 0.858. The van der Waals surface area contributed by atoms with E-state index in [-0.39, 0.29) is 11.7 Å². The number of fused-ring (bicyclic) bond motifs is 1. The van der Waals surface area contributed by atoms with Gasteiger partial charge in [0.2, 0.25) is 0 Å². The third-order valence-electron chi connectivity index (χ3n) is 2.98. The monoisotopic (exact) mass is 232 g/mol. The molecule has 1 saturated heterocycles. The van der Waals surface area contributed by atoms with Crippen molar-refractivity contribution in [2.45, 2.75) is 18.9 Å². The molecule has 0 bridgehead atoms. The normalized spacial score (nSPS) is 19.9. The van der Waals surface area contributed by atoms with Gasteiger partial charge in [-0.05, 0) is 25.0 Å². The predicted molar refractivity (Wildman–Crippen MR) is 60.1 cm³/mol. The summed E-state index contributed by atoms with van der Waals surface area (Å²) in [5.74, 6) is -0.931. The molecule has 1 atom stereocenters. The van der Waals surface area contributed by atoms with Crippen LogP contribution in [0.5, 0.6) is 0 Å². The SMILES string of the molecule is O=C(O)c1ccc2nc(C3CCCO3)cn2c1. The Morgan fingerprint density at radius 2 is 2.35 bits per heavy atom. The smallest absolute Gasteiger partial charge is 0.337 e. The van der Waals surface area contributed by atoms with Crippen LogP contribution in [0.4, 0.5) is 0 Å². The van der Waals surface area contributed by atoms with Crippen LogP contribution in [-0.4, -0.2) is 27.1 Å². The highest BCUT2D eigenvalue weighted by atomic mass is 16.5. The molecule has 0 spiro atoms. The van der Waals surface area contributed by atoms with Gasteiger partial charge < -0.3 is 14.2 Å². The van der Waals surface area contributed by atoms with E-state index in [1.54, 1.807) is 22.7 Å². The van der Waals surface area contributed by atoms with Crippen molar-refractivity contribution >= 4 is 11.6 Å². The molecule has 0 radical (unpaired) electrons. The average Bonchev–Trinajstić information content (AvgIpc) is 2.96. The van der Waals surface area contributed by atoms with Gasteiger partial charge in [-0.25, -0.2) is 9.78 Å². The van der Waals surface area contributed by atoms with Crippen LogP contribution in [0.15, 0.2) is 24.5 Å². The maximum atomic E-state index is 10.8. The van der Waals surface area contributed by atoms with Gasteiger partial charge in [0, 0.05) is 19.0 Å². The fraction of sp³-hybridized carbons (Fsp3) is 0.333. The molecule has 0 aromatic carbocycles. The minimum Gasteiger partial charge on any atom is -0.478 e. The number of ether oxygens (including phenoxy) is 1. The Labute approximate surface area is 97.7 Å². The number of rotatable bonds is 2. The maximum absolute atomic E-state index is 10.8. The topological polar surface area (TPSA) is 63.8 Å². The highest BCUT2D eigenvalue weighted by Gasteiger charge is 2.20. The lowest BCUT2D eigenvalue weighted by atomic mass is 10.2. The summed E-state index contributed by atoms with van der Waals surface area (Å²) >= 11 is 0. The predicted octanol–water partition coefficient (Wildman–Crippen LogP) is 1.88. The molecule has 17 heavy (non-hydrogen) atoms. The van der Waals surface area contributed by atoms with E-state index in [9.17, 15) is 4.79 Å². The van der Waals surface area contributed by atoms with Crippen molar-refractivity contribution in [3.63, 3.8) is 0 Å². The number of carboxylic acids is 1. The summed E-state index contributed by atoms with van der Waals surface area (Å²) in [6.45, 7) is 0.777. The number of pyridine rings is 1. The van der Waals surface area contributed by atoms with Gasteiger partial charge in [-0.1, -0.05) is 0 Å². The molecule has 1 aliphatic rings. The van der Waals surface area contributed by atoms with Gasteiger partial charge in [-0.3, -0.25) is 0 Å². The zero-order chi connectivity index (χ0) is 11.8. The van der Waals surface area contributed by atoms with Gasteiger partial charge in [0.1, 0.15) is 11.8 Å². The fourth-order valence-electron chi connectivity index (χ4n) is 2.10. The van der Waals surface area contributed by atoms with Crippen molar-refractivity contribution < 1.29 is 14.6 Å². The first-order chi connectivity index (χ1) is 8.24. The van der Waals surface area contributed by atoms with Crippen LogP contribution in [-0.2, 0) is 4.74 Å². The molecule has 1 aliphatic heterocycles. The molecule has 88 valence electrons. The molecular weight excluding hydrogens is 220 g/mol. The standard InChI is InChI=1S/C12H12N2O3/c15-12(16)8-3-4-11-13-9(7-14(11)6-8)10-2-1-5-17-10/h3-4,6-7,10H,1-2,5H2,(H,15,16). The molecule has 0 amide bonds. The van der Waals surface area contributed by atoms with Gasteiger partial charge in [0.15, 0.2) is 0 Å². The Morgan fingerprint density at radius 3 is 3.06 bits per heavy atom. The molecular formula is C12H12N2O3. The highest BCUT2D eigenvalue weighted by Crippen LogP contribution is 2.27. The van der Waals surface area contributed by atoms with Gasteiger partial charge in [-0.15, -0.1) is 0 Å². The summed E-state index contributed by atoms with van der Waals surface area (Å²) in [6.07, 6.45) is 5.51. The number of aromatic nitrogens is 2. The molecule has 2 aromatic rings. The summed E-state index contributed by atoms with van der Waals surface area (Å²) in [4.78, 5) is 15.3. The third-order valence-corrected chi connectivity index (χ3v) is 2.98. The van der Waals surface area contributed by atoms with Crippen molar-refractivity contribution in [1.29, 1.82) is 0 Å². The highest BCUT2D eigenvalue weighted by molar-refractivity contribution is 5.87. The van der Waals surface area contributed by atoms with Crippen molar-refractivity contribution in [2.75, 3.05) is 6.61 Å². The molecule has 1 fully saturated rings. The van der Waals surface area contributed by atoms with Crippen molar-refractivity contribution in [2.24, 2.45) is 0 Å². The number of carbonyl (C=O) groups is 1. The van der Waals surface area contributed by atoms with Crippen molar-refractivity contribution in [3.05, 3.63) is 35.8 Å². The minimum absolute atomic E-state index is 0.0585. The van der Waals surface area contributed by atoms with Crippen molar-refractivity contribution in [1.82, 2.24) is 9.38 Å². The third kappa shape index (κ3) is 1.78. The Kier molecular flexibility index (Phi) is 2.33. The maximum Gasteiger partial charge on any atom is 0.337 e. The van der Waals surface area contributed by atoms with Crippen LogP contribution in [0.25, 0.3) is 5.65 Å². The van der Waals surface area contributed by atoms with Gasteiger partial charge in [0.05, 0.1) is 11.3 Å². The number of aromatic carboxylic acids is 1. The van der Waals surface area contributed by atoms with Crippen LogP contribution in [0.3, 0.4) is 0 Å². The second-order valence-corrected chi connectivity index (χ2v) is 4.16. The number of carboxylic acid groups (broad SMARTS) is 1. The Hall–Kier alpha value is -1.88. The first-order valence-corrected chi connectivity index (χ1v) is 5.57. The second-order valence-electron chi connectivity index (χ2n) is 4.16. The van der Waals surface area contributed by atoms with Crippen LogP contribution < -0.4 is 0 Å². The summed E-state index contributed by atoms with van der Waals surface area (Å²) < 4.78 is 7.29. The lowest BCUT2D eigenvalue weighted by molar-refractivity contribution is 0.0696. The summed E-state index contributed by atoms with van der Waals surface area (Å²) in [5, 5.41) is 8.90. The van der Waals surface area contributed by atoms with E-state index < -0.39 is 5.97 Å². The van der Waals surface area contributed by atoms with Gasteiger partial charge in [0.25, 0.3) is 0 Å². The van der Waals surface area contributed by atoms with Crippen LogP contribution in [0.1, 0.15) is 35.0 Å². The Balaban J connectivity index is 2.03. The lowest BCUT2D eigenvalue weighted by Gasteiger charge is -2.03.